The maximum Gasteiger partial charge on any atom is 0.0406 e. The van der Waals surface area contributed by atoms with Crippen molar-refractivity contribution >= 4 is 17.3 Å². The van der Waals surface area contributed by atoms with Gasteiger partial charge in [-0.25, -0.2) is 0 Å². The highest BCUT2D eigenvalue weighted by atomic mass is 35.5. The number of hydrogen-bond donors (Lipinski definition) is 1. The average Bonchev–Trinajstić information content (AvgIpc) is 2.80. The molecule has 2 aromatic rings. The zero-order chi connectivity index (χ0) is 12.6. The molecule has 0 radical (unpaired) electrons. The second kappa shape index (κ2) is 4.33. The molecule has 0 bridgehead atoms. The van der Waals surface area contributed by atoms with Crippen LogP contribution in [0, 0.1) is 0 Å². The zero-order valence-electron chi connectivity index (χ0n) is 10.4. The monoisotopic (exact) mass is 257 g/mol. The third-order valence-electron chi connectivity index (χ3n) is 4.02. The van der Waals surface area contributed by atoms with Crippen molar-refractivity contribution in [2.45, 2.75) is 18.8 Å². The van der Waals surface area contributed by atoms with Gasteiger partial charge in [0.05, 0.1) is 0 Å². The lowest BCUT2D eigenvalue weighted by atomic mass is 9.74. The minimum absolute atomic E-state index is 0.0845. The van der Waals surface area contributed by atoms with Crippen LogP contribution in [0.1, 0.15) is 24.5 Å². The standard InChI is InChI=1S/C16H16ClN/c1-2-16(12-7-9-13(17)10-8-12)11-18-15-6-4-3-5-14(15)16/h3-10,18H,2,11H2,1H3. The van der Waals surface area contributed by atoms with E-state index in [0.717, 1.165) is 18.0 Å². The van der Waals surface area contributed by atoms with Crippen LogP contribution in [0.25, 0.3) is 0 Å². The lowest BCUT2D eigenvalue weighted by Gasteiger charge is -2.28. The van der Waals surface area contributed by atoms with Crippen LogP contribution < -0.4 is 5.32 Å². The fourth-order valence-corrected chi connectivity index (χ4v) is 3.07. The summed E-state index contributed by atoms with van der Waals surface area (Å²) in [7, 11) is 0. The summed E-state index contributed by atoms with van der Waals surface area (Å²) in [6, 6.07) is 16.8. The smallest absolute Gasteiger partial charge is 0.0406 e. The van der Waals surface area contributed by atoms with Crippen molar-refractivity contribution in [2.75, 3.05) is 11.9 Å². The molecule has 1 nitrogen and oxygen atoms in total. The van der Waals surface area contributed by atoms with Gasteiger partial charge in [-0.3, -0.25) is 0 Å². The summed E-state index contributed by atoms with van der Waals surface area (Å²) in [6.45, 7) is 3.21. The molecular formula is C16H16ClN. The van der Waals surface area contributed by atoms with Gasteiger partial charge in [0.15, 0.2) is 0 Å². The van der Waals surface area contributed by atoms with Crippen LogP contribution in [0.5, 0.6) is 0 Å². The molecule has 1 aliphatic rings. The SMILES string of the molecule is CCC1(c2ccc(Cl)cc2)CNc2ccccc21. The second-order valence-electron chi connectivity index (χ2n) is 4.84. The fraction of sp³-hybridized carbons (Fsp3) is 0.250. The molecule has 0 fully saturated rings. The van der Waals surface area contributed by atoms with E-state index in [1.807, 2.05) is 12.1 Å². The van der Waals surface area contributed by atoms with E-state index in [1.54, 1.807) is 0 Å². The highest BCUT2D eigenvalue weighted by Crippen LogP contribution is 2.44. The van der Waals surface area contributed by atoms with Crippen LogP contribution >= 0.6 is 11.6 Å². The molecule has 0 amide bonds. The van der Waals surface area contributed by atoms with Gasteiger partial charge in [-0.05, 0) is 35.7 Å². The first kappa shape index (κ1) is 11.6. The number of para-hydroxylation sites is 1. The largest absolute Gasteiger partial charge is 0.384 e. The maximum absolute atomic E-state index is 5.99. The molecule has 0 saturated heterocycles. The summed E-state index contributed by atoms with van der Waals surface area (Å²) >= 11 is 5.99. The van der Waals surface area contributed by atoms with Gasteiger partial charge in [-0.2, -0.15) is 0 Å². The van der Waals surface area contributed by atoms with E-state index < -0.39 is 0 Å². The molecule has 2 heteroatoms. The molecule has 0 aliphatic carbocycles. The highest BCUT2D eigenvalue weighted by molar-refractivity contribution is 6.30. The van der Waals surface area contributed by atoms with Crippen LogP contribution in [0.4, 0.5) is 5.69 Å². The predicted molar refractivity (Wildman–Crippen MR) is 77.5 cm³/mol. The Balaban J connectivity index is 2.15. The van der Waals surface area contributed by atoms with E-state index in [-0.39, 0.29) is 5.41 Å². The molecule has 1 heterocycles. The Kier molecular flexibility index (Phi) is 2.79. The van der Waals surface area contributed by atoms with E-state index in [4.69, 9.17) is 11.6 Å². The molecule has 3 rings (SSSR count). The third-order valence-corrected chi connectivity index (χ3v) is 4.28. The fourth-order valence-electron chi connectivity index (χ4n) is 2.94. The lowest BCUT2D eigenvalue weighted by Crippen LogP contribution is -2.29. The molecule has 1 aliphatic heterocycles. The Hall–Kier alpha value is -1.47. The van der Waals surface area contributed by atoms with Crippen molar-refractivity contribution in [3.63, 3.8) is 0 Å². The molecule has 0 saturated carbocycles. The summed E-state index contributed by atoms with van der Waals surface area (Å²) in [5, 5.41) is 4.32. The predicted octanol–water partition coefficient (Wildman–Crippen LogP) is 4.46. The highest BCUT2D eigenvalue weighted by Gasteiger charge is 2.38. The molecule has 92 valence electrons. The Morgan fingerprint density at radius 1 is 1.11 bits per heavy atom. The summed E-state index contributed by atoms with van der Waals surface area (Å²) in [6.07, 6.45) is 1.08. The molecule has 18 heavy (non-hydrogen) atoms. The van der Waals surface area contributed by atoms with Crippen LogP contribution in [0.2, 0.25) is 5.02 Å². The van der Waals surface area contributed by atoms with Crippen LogP contribution in [0.15, 0.2) is 48.5 Å². The van der Waals surface area contributed by atoms with Gasteiger partial charge in [-0.1, -0.05) is 48.9 Å². The summed E-state index contributed by atoms with van der Waals surface area (Å²) < 4.78 is 0. The van der Waals surface area contributed by atoms with Crippen molar-refractivity contribution in [3.8, 4) is 0 Å². The molecule has 0 aromatic heterocycles. The average molecular weight is 258 g/mol. The molecule has 1 N–H and O–H groups in total. The normalized spacial score (nSPS) is 21.4. The van der Waals surface area contributed by atoms with Gasteiger partial charge >= 0.3 is 0 Å². The van der Waals surface area contributed by atoms with Crippen molar-refractivity contribution in [2.24, 2.45) is 0 Å². The van der Waals surface area contributed by atoms with Gasteiger partial charge in [0.2, 0.25) is 0 Å². The van der Waals surface area contributed by atoms with Gasteiger partial charge in [0.1, 0.15) is 0 Å². The van der Waals surface area contributed by atoms with Crippen molar-refractivity contribution in [1.82, 2.24) is 0 Å². The first-order chi connectivity index (χ1) is 8.76. The van der Waals surface area contributed by atoms with Crippen LogP contribution in [-0.2, 0) is 5.41 Å². The molecule has 1 unspecified atom stereocenters. The maximum atomic E-state index is 5.99. The Bertz CT molecular complexity index is 562. The molecule has 0 spiro atoms. The number of anilines is 1. The van der Waals surface area contributed by atoms with Gasteiger partial charge in [-0.15, -0.1) is 0 Å². The Morgan fingerprint density at radius 3 is 2.56 bits per heavy atom. The Labute approximate surface area is 113 Å². The van der Waals surface area contributed by atoms with E-state index in [2.05, 4.69) is 48.6 Å². The van der Waals surface area contributed by atoms with E-state index >= 15 is 0 Å². The number of hydrogen-bond acceptors (Lipinski definition) is 1. The quantitative estimate of drug-likeness (QED) is 0.838. The Morgan fingerprint density at radius 2 is 1.83 bits per heavy atom. The second-order valence-corrected chi connectivity index (χ2v) is 5.28. The number of halogens is 1. The number of benzene rings is 2. The summed E-state index contributed by atoms with van der Waals surface area (Å²) in [4.78, 5) is 0. The topological polar surface area (TPSA) is 12.0 Å². The number of fused-ring (bicyclic) bond motifs is 1. The van der Waals surface area contributed by atoms with Gasteiger partial charge in [0.25, 0.3) is 0 Å². The molecular weight excluding hydrogens is 242 g/mol. The van der Waals surface area contributed by atoms with Crippen molar-refractivity contribution < 1.29 is 0 Å². The number of rotatable bonds is 2. The molecule has 1 atom stereocenters. The first-order valence-corrected chi connectivity index (χ1v) is 6.73. The van der Waals surface area contributed by atoms with Gasteiger partial charge < -0.3 is 5.32 Å². The summed E-state index contributed by atoms with van der Waals surface area (Å²) in [5.41, 5.74) is 4.08. The van der Waals surface area contributed by atoms with Crippen molar-refractivity contribution in [3.05, 3.63) is 64.7 Å². The molecule has 2 aromatic carbocycles. The first-order valence-electron chi connectivity index (χ1n) is 6.36. The minimum Gasteiger partial charge on any atom is -0.384 e. The zero-order valence-corrected chi connectivity index (χ0v) is 11.2. The van der Waals surface area contributed by atoms with Gasteiger partial charge in [0, 0.05) is 22.7 Å². The van der Waals surface area contributed by atoms with Crippen LogP contribution in [0.3, 0.4) is 0 Å². The lowest BCUT2D eigenvalue weighted by molar-refractivity contribution is 0.547. The van der Waals surface area contributed by atoms with E-state index in [0.29, 0.717) is 0 Å². The van der Waals surface area contributed by atoms with Crippen LogP contribution in [-0.4, -0.2) is 6.54 Å². The summed E-state index contributed by atoms with van der Waals surface area (Å²) in [5.74, 6) is 0. The van der Waals surface area contributed by atoms with Crippen molar-refractivity contribution in [1.29, 1.82) is 0 Å². The third kappa shape index (κ3) is 1.62. The van der Waals surface area contributed by atoms with E-state index in [9.17, 15) is 0 Å². The van der Waals surface area contributed by atoms with E-state index in [1.165, 1.54) is 16.8 Å². The number of nitrogens with one attached hydrogen (secondary N) is 1. The minimum atomic E-state index is 0.0845.